The van der Waals surface area contributed by atoms with Gasteiger partial charge in [-0.3, -0.25) is 9.69 Å². The second kappa shape index (κ2) is 7.12. The van der Waals surface area contributed by atoms with E-state index in [9.17, 15) is 15.0 Å². The molecule has 2 heterocycles. The number of aliphatic carboxylic acids is 1. The molecule has 1 unspecified atom stereocenters. The van der Waals surface area contributed by atoms with Crippen LogP contribution in [0.15, 0.2) is 12.1 Å². The lowest BCUT2D eigenvalue weighted by atomic mass is 9.61. The van der Waals surface area contributed by atoms with Gasteiger partial charge in [0.05, 0.1) is 20.1 Å². The Bertz CT molecular complexity index is 693. The normalized spacial score (nSPS) is 29.4. The minimum Gasteiger partial charge on any atom is -0.493 e. The van der Waals surface area contributed by atoms with Crippen molar-refractivity contribution in [3.05, 3.63) is 23.3 Å². The number of rotatable bonds is 5. The first-order chi connectivity index (χ1) is 12.3. The fourth-order valence-corrected chi connectivity index (χ4v) is 4.26. The van der Waals surface area contributed by atoms with Crippen LogP contribution in [0.1, 0.15) is 36.9 Å². The van der Waals surface area contributed by atoms with Crippen LogP contribution in [0.2, 0.25) is 0 Å². The maximum atomic E-state index is 11.2. The first-order valence-electron chi connectivity index (χ1n) is 8.99. The third kappa shape index (κ3) is 3.42. The molecule has 0 saturated carbocycles. The first-order valence-corrected chi connectivity index (χ1v) is 8.99. The van der Waals surface area contributed by atoms with Crippen molar-refractivity contribution in [1.29, 1.82) is 0 Å². The summed E-state index contributed by atoms with van der Waals surface area (Å²) >= 11 is 0. The van der Waals surface area contributed by atoms with Crippen molar-refractivity contribution in [3.8, 4) is 11.5 Å². The average Bonchev–Trinajstić information content (AvgIpc) is 2.60. The minimum absolute atomic E-state index is 0.00931. The van der Waals surface area contributed by atoms with E-state index >= 15 is 0 Å². The van der Waals surface area contributed by atoms with Crippen LogP contribution in [0.3, 0.4) is 0 Å². The molecule has 0 spiro atoms. The predicted molar refractivity (Wildman–Crippen MR) is 97.8 cm³/mol. The zero-order valence-corrected chi connectivity index (χ0v) is 15.6. The van der Waals surface area contributed by atoms with Crippen molar-refractivity contribution in [1.82, 2.24) is 4.90 Å². The van der Waals surface area contributed by atoms with Gasteiger partial charge in [0, 0.05) is 24.6 Å². The van der Waals surface area contributed by atoms with E-state index in [0.717, 1.165) is 18.5 Å². The maximum absolute atomic E-state index is 11.2. The van der Waals surface area contributed by atoms with Gasteiger partial charge < -0.3 is 19.7 Å². The van der Waals surface area contributed by atoms with Crippen LogP contribution >= 0.6 is 0 Å². The molecule has 1 aromatic rings. The average molecular weight is 359 g/mol. The Morgan fingerprint density at radius 2 is 2.04 bits per heavy atom. The molecule has 2 radical (unpaired) electrons. The van der Waals surface area contributed by atoms with Crippen LogP contribution in [0, 0.1) is 11.8 Å². The SMILES string of the molecule is [B][C@@]1(O)C[C@H]2c3cc(OC)c(OC)cc3CCN2C[C@@H]1CC(C)C(=O)O. The van der Waals surface area contributed by atoms with Gasteiger partial charge in [-0.05, 0) is 48.4 Å². The number of nitrogens with zero attached hydrogens (tertiary/aromatic N) is 1. The van der Waals surface area contributed by atoms with Crippen LogP contribution in [0.25, 0.3) is 0 Å². The molecule has 1 saturated heterocycles. The quantitative estimate of drug-likeness (QED) is 0.778. The molecule has 4 atom stereocenters. The third-order valence-corrected chi connectivity index (χ3v) is 5.86. The number of carboxylic acid groups (broad SMARTS) is 1. The van der Waals surface area contributed by atoms with Gasteiger partial charge in [-0.1, -0.05) is 6.92 Å². The number of hydrogen-bond donors (Lipinski definition) is 2. The van der Waals surface area contributed by atoms with E-state index in [0.29, 0.717) is 30.9 Å². The molecular formula is C19H26BNO5. The molecule has 2 N–H and O–H groups in total. The summed E-state index contributed by atoms with van der Waals surface area (Å²) in [5, 5.41) is 20.0. The Labute approximate surface area is 155 Å². The standard InChI is InChI=1S/C19H26BNO5/c1-11(18(22)23)6-13-10-21-5-4-12-7-16(25-2)17(26-3)8-14(12)15(21)9-19(13,20)24/h7-8,11,13,15,24H,4-6,9-10H2,1-3H3,(H,22,23)/t11?,13-,15-,19+/m0/s1. The Morgan fingerprint density at radius 1 is 1.38 bits per heavy atom. The van der Waals surface area contributed by atoms with Gasteiger partial charge in [0.15, 0.2) is 11.5 Å². The summed E-state index contributed by atoms with van der Waals surface area (Å²) in [4.78, 5) is 13.5. The van der Waals surface area contributed by atoms with Crippen molar-refractivity contribution in [2.45, 2.75) is 37.7 Å². The minimum atomic E-state index is -1.40. The molecule has 6 nitrogen and oxygen atoms in total. The first kappa shape index (κ1) is 19.0. The Morgan fingerprint density at radius 3 is 2.65 bits per heavy atom. The number of methoxy groups -OCH3 is 2. The van der Waals surface area contributed by atoms with Gasteiger partial charge in [-0.25, -0.2) is 0 Å². The fourth-order valence-electron chi connectivity index (χ4n) is 4.26. The number of hydrogen-bond acceptors (Lipinski definition) is 5. The molecule has 0 bridgehead atoms. The van der Waals surface area contributed by atoms with E-state index in [1.165, 1.54) is 5.56 Å². The highest BCUT2D eigenvalue weighted by molar-refractivity contribution is 6.14. The topological polar surface area (TPSA) is 79.2 Å². The maximum Gasteiger partial charge on any atom is 0.306 e. The molecule has 7 heteroatoms. The van der Waals surface area contributed by atoms with E-state index in [4.69, 9.17) is 17.3 Å². The molecule has 0 aliphatic carbocycles. The summed E-state index contributed by atoms with van der Waals surface area (Å²) in [6.45, 7) is 3.09. The van der Waals surface area contributed by atoms with Gasteiger partial charge in [-0.2, -0.15) is 0 Å². The zero-order chi connectivity index (χ0) is 19.1. The number of piperidine rings is 1. The molecule has 1 aromatic carbocycles. The third-order valence-electron chi connectivity index (χ3n) is 5.86. The van der Waals surface area contributed by atoms with Gasteiger partial charge in [-0.15, -0.1) is 0 Å². The summed E-state index contributed by atoms with van der Waals surface area (Å²) < 4.78 is 10.8. The summed E-state index contributed by atoms with van der Waals surface area (Å²) in [6, 6.07) is 3.96. The Balaban J connectivity index is 1.88. The highest BCUT2D eigenvalue weighted by Gasteiger charge is 2.45. The van der Waals surface area contributed by atoms with E-state index in [-0.39, 0.29) is 12.0 Å². The molecule has 2 aliphatic heterocycles. The van der Waals surface area contributed by atoms with Gasteiger partial charge in [0.1, 0.15) is 7.85 Å². The zero-order valence-electron chi connectivity index (χ0n) is 15.6. The smallest absolute Gasteiger partial charge is 0.306 e. The van der Waals surface area contributed by atoms with Gasteiger partial charge >= 0.3 is 5.97 Å². The number of fused-ring (bicyclic) bond motifs is 3. The number of ether oxygens (including phenoxy) is 2. The number of benzene rings is 1. The van der Waals surface area contributed by atoms with Crippen LogP contribution < -0.4 is 9.47 Å². The predicted octanol–water partition coefficient (Wildman–Crippen LogP) is 1.59. The van der Waals surface area contributed by atoms with Crippen LogP contribution in [-0.2, 0) is 11.2 Å². The van der Waals surface area contributed by atoms with Crippen LogP contribution in [0.5, 0.6) is 11.5 Å². The van der Waals surface area contributed by atoms with Crippen LogP contribution in [-0.4, -0.2) is 61.7 Å². The van der Waals surface area contributed by atoms with Gasteiger partial charge in [0.25, 0.3) is 0 Å². The lowest BCUT2D eigenvalue weighted by Gasteiger charge is -2.51. The lowest BCUT2D eigenvalue weighted by molar-refractivity contribution is -0.142. The molecule has 0 amide bonds. The second-order valence-electron chi connectivity index (χ2n) is 7.53. The van der Waals surface area contributed by atoms with Crippen LogP contribution in [0.4, 0.5) is 0 Å². The van der Waals surface area contributed by atoms with Crippen molar-refractivity contribution < 1.29 is 24.5 Å². The Hall–Kier alpha value is -1.73. The van der Waals surface area contributed by atoms with Crippen molar-refractivity contribution in [3.63, 3.8) is 0 Å². The van der Waals surface area contributed by atoms with E-state index in [1.54, 1.807) is 21.1 Å². The fraction of sp³-hybridized carbons (Fsp3) is 0.632. The molecule has 2 aliphatic rings. The lowest BCUT2D eigenvalue weighted by Crippen LogP contribution is -2.55. The highest BCUT2D eigenvalue weighted by Crippen LogP contribution is 2.46. The van der Waals surface area contributed by atoms with E-state index in [1.807, 2.05) is 12.1 Å². The van der Waals surface area contributed by atoms with E-state index in [2.05, 4.69) is 4.90 Å². The Kier molecular flexibility index (Phi) is 5.22. The number of aliphatic hydroxyl groups is 1. The number of carboxylic acids is 1. The monoisotopic (exact) mass is 359 g/mol. The van der Waals surface area contributed by atoms with Crippen molar-refractivity contribution >= 4 is 13.8 Å². The largest absolute Gasteiger partial charge is 0.493 e. The molecule has 0 aromatic heterocycles. The summed E-state index contributed by atoms with van der Waals surface area (Å²) in [7, 11) is 9.46. The summed E-state index contributed by atoms with van der Waals surface area (Å²) in [5.74, 6) is -0.301. The highest BCUT2D eigenvalue weighted by atomic mass is 16.5. The second-order valence-corrected chi connectivity index (χ2v) is 7.53. The molecule has 1 fully saturated rings. The molecule has 3 rings (SSSR count). The van der Waals surface area contributed by atoms with E-state index < -0.39 is 17.4 Å². The molecular weight excluding hydrogens is 333 g/mol. The summed E-state index contributed by atoms with van der Waals surface area (Å²) in [6.07, 6.45) is 1.60. The summed E-state index contributed by atoms with van der Waals surface area (Å²) in [5.41, 5.74) is 0.881. The molecule has 140 valence electrons. The van der Waals surface area contributed by atoms with Crippen molar-refractivity contribution in [2.24, 2.45) is 11.8 Å². The van der Waals surface area contributed by atoms with Gasteiger partial charge in [0.2, 0.25) is 0 Å². The van der Waals surface area contributed by atoms with Crippen molar-refractivity contribution in [2.75, 3.05) is 27.3 Å². The number of carbonyl (C=O) groups is 1. The molecule has 26 heavy (non-hydrogen) atoms.